The molecule has 3 aliphatic rings. The van der Waals surface area contributed by atoms with Crippen molar-refractivity contribution in [1.29, 1.82) is 0 Å². The van der Waals surface area contributed by atoms with Crippen molar-refractivity contribution in [3.63, 3.8) is 0 Å². The molecule has 1 aromatic heterocycles. The van der Waals surface area contributed by atoms with Gasteiger partial charge in [0.2, 0.25) is 0 Å². The number of morpholine rings is 1. The van der Waals surface area contributed by atoms with Gasteiger partial charge in [0.25, 0.3) is 5.91 Å². The van der Waals surface area contributed by atoms with Crippen LogP contribution in [0.2, 0.25) is 0 Å². The predicted octanol–water partition coefficient (Wildman–Crippen LogP) is 2.43. The van der Waals surface area contributed by atoms with E-state index in [1.165, 1.54) is 24.2 Å². The first-order valence-corrected chi connectivity index (χ1v) is 9.07. The first-order chi connectivity index (χ1) is 10.7. The van der Waals surface area contributed by atoms with Gasteiger partial charge in [-0.1, -0.05) is 6.92 Å². The molecule has 1 saturated carbocycles. The highest BCUT2D eigenvalue weighted by molar-refractivity contribution is 7.11. The summed E-state index contributed by atoms with van der Waals surface area (Å²) in [4.78, 5) is 20.3. The summed E-state index contributed by atoms with van der Waals surface area (Å²) in [5.74, 6) is 0.648. The number of ether oxygens (including phenoxy) is 2. The van der Waals surface area contributed by atoms with Gasteiger partial charge < -0.3 is 14.4 Å². The van der Waals surface area contributed by atoms with Crippen LogP contribution in [-0.2, 0) is 9.47 Å². The zero-order chi connectivity index (χ0) is 15.2. The summed E-state index contributed by atoms with van der Waals surface area (Å²) in [6.45, 7) is 4.77. The lowest BCUT2D eigenvalue weighted by molar-refractivity contribution is -0.145. The maximum Gasteiger partial charge on any atom is 0.266 e. The topological polar surface area (TPSA) is 51.7 Å². The second-order valence-corrected chi connectivity index (χ2v) is 7.52. The quantitative estimate of drug-likeness (QED) is 0.858. The number of carbonyl (C=O) groups excluding carboxylic acids is 1. The summed E-state index contributed by atoms with van der Waals surface area (Å²) in [7, 11) is 0. The fourth-order valence-electron chi connectivity index (χ4n) is 3.47. The first-order valence-electron chi connectivity index (χ1n) is 8.19. The van der Waals surface area contributed by atoms with Gasteiger partial charge in [-0.2, -0.15) is 0 Å². The maximum atomic E-state index is 13.0. The van der Waals surface area contributed by atoms with E-state index in [0.717, 1.165) is 30.0 Å². The molecule has 0 aromatic carbocycles. The van der Waals surface area contributed by atoms with E-state index < -0.39 is 0 Å². The zero-order valence-corrected chi connectivity index (χ0v) is 13.7. The van der Waals surface area contributed by atoms with Gasteiger partial charge in [-0.05, 0) is 19.3 Å². The Bertz CT molecular complexity index is 563. The Hall–Kier alpha value is -0.980. The molecule has 1 amide bonds. The number of amides is 1. The minimum atomic E-state index is -0.293. The van der Waals surface area contributed by atoms with Gasteiger partial charge in [0.15, 0.2) is 0 Å². The third kappa shape index (κ3) is 2.57. The zero-order valence-electron chi connectivity index (χ0n) is 12.9. The number of thiazole rings is 1. The Morgan fingerprint density at radius 1 is 1.55 bits per heavy atom. The number of nitrogens with zero attached hydrogens (tertiary/aromatic N) is 2. The van der Waals surface area contributed by atoms with Crippen LogP contribution >= 0.6 is 11.3 Å². The van der Waals surface area contributed by atoms with Crippen molar-refractivity contribution >= 4 is 17.2 Å². The molecule has 2 aliphatic heterocycles. The molecule has 120 valence electrons. The van der Waals surface area contributed by atoms with E-state index in [9.17, 15) is 4.79 Å². The van der Waals surface area contributed by atoms with Crippen LogP contribution in [0.25, 0.3) is 0 Å². The lowest BCUT2D eigenvalue weighted by atomic mass is 9.98. The van der Waals surface area contributed by atoms with Crippen molar-refractivity contribution in [2.45, 2.75) is 50.2 Å². The molecule has 1 aliphatic carbocycles. The van der Waals surface area contributed by atoms with Crippen molar-refractivity contribution in [2.75, 3.05) is 26.3 Å². The molecule has 22 heavy (non-hydrogen) atoms. The van der Waals surface area contributed by atoms with Crippen molar-refractivity contribution in [3.05, 3.63) is 16.1 Å². The Morgan fingerprint density at radius 3 is 3.09 bits per heavy atom. The highest BCUT2D eigenvalue weighted by atomic mass is 32.1. The smallest absolute Gasteiger partial charge is 0.266 e. The molecular weight excluding hydrogens is 300 g/mol. The predicted molar refractivity (Wildman–Crippen MR) is 83.3 cm³/mol. The Labute approximate surface area is 134 Å². The molecule has 6 heteroatoms. The van der Waals surface area contributed by atoms with Gasteiger partial charge >= 0.3 is 0 Å². The monoisotopic (exact) mass is 322 g/mol. The number of hydrogen-bond acceptors (Lipinski definition) is 5. The van der Waals surface area contributed by atoms with Gasteiger partial charge in [0.1, 0.15) is 10.5 Å². The van der Waals surface area contributed by atoms with Crippen LogP contribution in [0.1, 0.15) is 53.9 Å². The molecular formula is C16H22N2O3S. The molecule has 4 rings (SSSR count). The fourth-order valence-corrected chi connectivity index (χ4v) is 4.31. The van der Waals surface area contributed by atoms with Crippen molar-refractivity contribution in [3.8, 4) is 0 Å². The Kier molecular flexibility index (Phi) is 3.71. The lowest BCUT2D eigenvalue weighted by Crippen LogP contribution is -2.57. The summed E-state index contributed by atoms with van der Waals surface area (Å²) >= 11 is 1.49. The average molecular weight is 322 g/mol. The van der Waals surface area contributed by atoms with Gasteiger partial charge in [-0.25, -0.2) is 4.98 Å². The minimum Gasteiger partial charge on any atom is -0.378 e. The molecule has 0 bridgehead atoms. The molecule has 3 heterocycles. The van der Waals surface area contributed by atoms with Crippen LogP contribution in [0.5, 0.6) is 0 Å². The number of carbonyl (C=O) groups is 1. The second kappa shape index (κ2) is 5.58. The average Bonchev–Trinajstić information content (AvgIpc) is 3.10. The van der Waals surface area contributed by atoms with Crippen LogP contribution in [0.15, 0.2) is 5.51 Å². The van der Waals surface area contributed by atoms with E-state index in [0.29, 0.717) is 25.6 Å². The summed E-state index contributed by atoms with van der Waals surface area (Å²) in [6.07, 6.45) is 4.25. The number of rotatable bonds is 3. The Morgan fingerprint density at radius 2 is 2.41 bits per heavy atom. The highest BCUT2D eigenvalue weighted by Gasteiger charge is 2.45. The van der Waals surface area contributed by atoms with Crippen LogP contribution in [0.4, 0.5) is 0 Å². The van der Waals surface area contributed by atoms with Gasteiger partial charge in [0, 0.05) is 25.5 Å². The Balaban J connectivity index is 1.57. The first kappa shape index (κ1) is 14.6. The molecule has 2 saturated heterocycles. The van der Waals surface area contributed by atoms with Crippen LogP contribution in [0, 0.1) is 0 Å². The third-order valence-corrected chi connectivity index (χ3v) is 5.71. The van der Waals surface area contributed by atoms with Gasteiger partial charge in [-0.15, -0.1) is 11.3 Å². The van der Waals surface area contributed by atoms with E-state index in [-0.39, 0.29) is 17.6 Å². The van der Waals surface area contributed by atoms with Crippen molar-refractivity contribution < 1.29 is 14.3 Å². The summed E-state index contributed by atoms with van der Waals surface area (Å²) in [5, 5.41) is 0. The van der Waals surface area contributed by atoms with Gasteiger partial charge in [-0.3, -0.25) is 4.79 Å². The standard InChI is InChI=1S/C16H22N2O3S/c1-2-12-7-18(8-16(21-12)5-6-20-9-16)15(19)14-13(11-3-4-11)17-10-22-14/h10-12H,2-9H2,1H3/t12-,16-/m0/s1. The molecule has 3 fully saturated rings. The fraction of sp³-hybridized carbons (Fsp3) is 0.750. The number of hydrogen-bond donors (Lipinski definition) is 0. The molecule has 1 spiro atoms. The normalized spacial score (nSPS) is 31.9. The number of aromatic nitrogens is 1. The lowest BCUT2D eigenvalue weighted by Gasteiger charge is -2.43. The summed E-state index contributed by atoms with van der Waals surface area (Å²) in [6, 6.07) is 0. The molecule has 0 radical (unpaired) electrons. The van der Waals surface area contributed by atoms with E-state index in [1.807, 2.05) is 10.4 Å². The largest absolute Gasteiger partial charge is 0.378 e. The van der Waals surface area contributed by atoms with E-state index in [1.54, 1.807) is 0 Å². The SMILES string of the molecule is CC[C@H]1CN(C(=O)c2scnc2C2CC2)C[C@]2(CCOC2)O1. The molecule has 2 atom stereocenters. The van der Waals surface area contributed by atoms with Crippen LogP contribution in [-0.4, -0.2) is 53.8 Å². The van der Waals surface area contributed by atoms with Crippen LogP contribution in [0.3, 0.4) is 0 Å². The maximum absolute atomic E-state index is 13.0. The minimum absolute atomic E-state index is 0.108. The molecule has 1 aromatic rings. The third-order valence-electron chi connectivity index (χ3n) is 4.88. The highest BCUT2D eigenvalue weighted by Crippen LogP contribution is 2.42. The van der Waals surface area contributed by atoms with Crippen molar-refractivity contribution in [1.82, 2.24) is 9.88 Å². The van der Waals surface area contributed by atoms with E-state index >= 15 is 0 Å². The van der Waals surface area contributed by atoms with Crippen molar-refractivity contribution in [2.24, 2.45) is 0 Å². The van der Waals surface area contributed by atoms with E-state index in [2.05, 4.69) is 11.9 Å². The molecule has 5 nitrogen and oxygen atoms in total. The molecule has 0 unspecified atom stereocenters. The van der Waals surface area contributed by atoms with Crippen LogP contribution < -0.4 is 0 Å². The second-order valence-electron chi connectivity index (χ2n) is 6.66. The van der Waals surface area contributed by atoms with E-state index in [4.69, 9.17) is 9.47 Å². The molecule has 0 N–H and O–H groups in total. The summed E-state index contributed by atoms with van der Waals surface area (Å²) in [5.41, 5.74) is 2.54. The summed E-state index contributed by atoms with van der Waals surface area (Å²) < 4.78 is 11.8. The van der Waals surface area contributed by atoms with Gasteiger partial charge in [0.05, 0.1) is 30.5 Å².